The molecule has 1 fully saturated rings. The zero-order valence-corrected chi connectivity index (χ0v) is 25.5. The molecule has 0 aromatic rings. The van der Waals surface area contributed by atoms with Gasteiger partial charge in [0.2, 0.25) is 0 Å². The van der Waals surface area contributed by atoms with Crippen molar-refractivity contribution < 1.29 is 40.1 Å². The van der Waals surface area contributed by atoms with Gasteiger partial charge in [-0.3, -0.25) is 0 Å². The Labute approximate surface area is 244 Å². The third kappa shape index (κ3) is 19.0. The van der Waals surface area contributed by atoms with Gasteiger partial charge in [0, 0.05) is 0 Å². The van der Waals surface area contributed by atoms with Gasteiger partial charge in [-0.25, -0.2) is 0 Å². The molecule has 0 aromatic heterocycles. The average Bonchev–Trinajstić information content (AvgIpc) is 2.93. The minimum atomic E-state index is -1.44. The molecule has 0 aliphatic carbocycles. The van der Waals surface area contributed by atoms with Gasteiger partial charge < -0.3 is 40.1 Å². The summed E-state index contributed by atoms with van der Waals surface area (Å²) in [6.07, 6.45) is 19.8. The molecule has 8 heteroatoms. The molecule has 1 aliphatic heterocycles. The Bertz CT molecular complexity index is 547. The topological polar surface area (TPSA) is 140 Å². The van der Waals surface area contributed by atoms with E-state index in [1.54, 1.807) is 0 Å². The number of unbranched alkanes of at least 4 members (excludes halogenated alkanes) is 18. The van der Waals surface area contributed by atoms with Crippen molar-refractivity contribution in [1.29, 1.82) is 0 Å². The van der Waals surface area contributed by atoms with Crippen molar-refractivity contribution in [2.24, 2.45) is 0 Å². The third-order valence-electron chi connectivity index (χ3n) is 8.24. The summed E-state index contributed by atoms with van der Waals surface area (Å²) in [5.41, 5.74) is 0. The first-order valence-electron chi connectivity index (χ1n) is 16.6. The van der Waals surface area contributed by atoms with Crippen molar-refractivity contribution >= 4 is 0 Å². The molecule has 0 radical (unpaired) electrons. The number of aliphatic hydroxyl groups is 6. The van der Waals surface area contributed by atoms with Gasteiger partial charge in [-0.2, -0.15) is 0 Å². The van der Waals surface area contributed by atoms with E-state index in [0.717, 1.165) is 19.3 Å². The highest BCUT2D eigenvalue weighted by molar-refractivity contribution is 4.88. The fraction of sp³-hybridized carbons (Fsp3) is 1.00. The van der Waals surface area contributed by atoms with E-state index >= 15 is 0 Å². The van der Waals surface area contributed by atoms with Gasteiger partial charge in [-0.05, 0) is 26.2 Å². The van der Waals surface area contributed by atoms with Crippen LogP contribution in [0.2, 0.25) is 0 Å². The van der Waals surface area contributed by atoms with E-state index in [4.69, 9.17) is 9.47 Å². The maximum Gasteiger partial charge on any atom is 0.186 e. The van der Waals surface area contributed by atoms with Crippen molar-refractivity contribution in [2.45, 2.75) is 191 Å². The highest BCUT2D eigenvalue weighted by Gasteiger charge is 2.43. The van der Waals surface area contributed by atoms with E-state index in [9.17, 15) is 30.6 Å². The highest BCUT2D eigenvalue weighted by atomic mass is 16.7. The van der Waals surface area contributed by atoms with Crippen LogP contribution in [0.15, 0.2) is 0 Å². The molecule has 0 bridgehead atoms. The number of aliphatic hydroxyl groups excluding tert-OH is 6. The van der Waals surface area contributed by atoms with E-state index in [1.165, 1.54) is 109 Å². The SMILES string of the molecule is C[C@H](O)CCCCCCCCCCCCCCCCCCCCC[C@@H](O)CCO[C@H]1O[C@H](CO)[C@@H](O)[C@H](O)[C@H]1O. The molecule has 0 unspecified atom stereocenters. The van der Waals surface area contributed by atoms with Crippen LogP contribution in [0.1, 0.15) is 148 Å². The first kappa shape index (κ1) is 37.7. The molecule has 0 saturated carbocycles. The second kappa shape index (κ2) is 25.2. The lowest BCUT2D eigenvalue weighted by Crippen LogP contribution is -2.59. The molecule has 240 valence electrons. The highest BCUT2D eigenvalue weighted by Crippen LogP contribution is 2.22. The second-order valence-electron chi connectivity index (χ2n) is 12.2. The zero-order chi connectivity index (χ0) is 29.4. The van der Waals surface area contributed by atoms with E-state index in [0.29, 0.717) is 12.8 Å². The Balaban J connectivity index is 1.80. The Morgan fingerprint density at radius 2 is 0.950 bits per heavy atom. The number of ether oxygens (including phenoxy) is 2. The number of hydrogen-bond acceptors (Lipinski definition) is 8. The van der Waals surface area contributed by atoms with Gasteiger partial charge in [0.1, 0.15) is 24.4 Å². The number of rotatable bonds is 27. The fourth-order valence-corrected chi connectivity index (χ4v) is 5.49. The van der Waals surface area contributed by atoms with Gasteiger partial charge >= 0.3 is 0 Å². The summed E-state index contributed by atoms with van der Waals surface area (Å²) in [6, 6.07) is 0. The van der Waals surface area contributed by atoms with Crippen LogP contribution in [-0.2, 0) is 9.47 Å². The van der Waals surface area contributed by atoms with Crippen LogP contribution in [-0.4, -0.2) is 86.8 Å². The molecular weight excluding hydrogens is 512 g/mol. The summed E-state index contributed by atoms with van der Waals surface area (Å²) in [5.74, 6) is 0. The smallest absolute Gasteiger partial charge is 0.186 e. The van der Waals surface area contributed by atoms with Gasteiger partial charge in [-0.1, -0.05) is 122 Å². The van der Waals surface area contributed by atoms with Crippen LogP contribution in [0.25, 0.3) is 0 Å². The van der Waals surface area contributed by atoms with Gasteiger partial charge in [-0.15, -0.1) is 0 Å². The summed E-state index contributed by atoms with van der Waals surface area (Å²) in [5, 5.41) is 58.2. The van der Waals surface area contributed by atoms with E-state index < -0.39 is 43.4 Å². The molecule has 6 N–H and O–H groups in total. The Morgan fingerprint density at radius 3 is 1.35 bits per heavy atom. The molecule has 40 heavy (non-hydrogen) atoms. The molecular formula is C32H64O8. The van der Waals surface area contributed by atoms with Crippen molar-refractivity contribution in [3.63, 3.8) is 0 Å². The average molecular weight is 577 g/mol. The first-order chi connectivity index (χ1) is 19.4. The normalized spacial score (nSPS) is 24.8. The minimum Gasteiger partial charge on any atom is -0.394 e. The molecule has 1 saturated heterocycles. The molecule has 0 aromatic carbocycles. The summed E-state index contributed by atoms with van der Waals surface area (Å²) in [6.45, 7) is 1.56. The maximum absolute atomic E-state index is 10.2. The largest absolute Gasteiger partial charge is 0.394 e. The van der Waals surface area contributed by atoms with E-state index in [2.05, 4.69) is 0 Å². The van der Waals surface area contributed by atoms with Crippen molar-refractivity contribution in [3.8, 4) is 0 Å². The molecule has 8 nitrogen and oxygen atoms in total. The van der Waals surface area contributed by atoms with Gasteiger partial charge in [0.05, 0.1) is 25.4 Å². The lowest BCUT2D eigenvalue weighted by molar-refractivity contribution is -0.301. The van der Waals surface area contributed by atoms with Crippen LogP contribution >= 0.6 is 0 Å². The molecule has 1 aliphatic rings. The number of hydrogen-bond donors (Lipinski definition) is 6. The Kier molecular flexibility index (Phi) is 23.8. The Morgan fingerprint density at radius 1 is 0.550 bits per heavy atom. The monoisotopic (exact) mass is 576 g/mol. The van der Waals surface area contributed by atoms with Crippen molar-refractivity contribution in [2.75, 3.05) is 13.2 Å². The predicted molar refractivity (Wildman–Crippen MR) is 159 cm³/mol. The van der Waals surface area contributed by atoms with E-state index in [-0.39, 0.29) is 12.7 Å². The minimum absolute atomic E-state index is 0.135. The van der Waals surface area contributed by atoms with E-state index in [1.807, 2.05) is 6.92 Å². The molecule has 0 spiro atoms. The second-order valence-corrected chi connectivity index (χ2v) is 12.2. The van der Waals surface area contributed by atoms with Gasteiger partial charge in [0.25, 0.3) is 0 Å². The lowest BCUT2D eigenvalue weighted by atomic mass is 9.99. The summed E-state index contributed by atoms with van der Waals surface area (Å²) >= 11 is 0. The van der Waals surface area contributed by atoms with Crippen LogP contribution in [0.3, 0.4) is 0 Å². The predicted octanol–water partition coefficient (Wildman–Crippen LogP) is 5.13. The summed E-state index contributed by atoms with van der Waals surface area (Å²) in [7, 11) is 0. The first-order valence-corrected chi connectivity index (χ1v) is 16.6. The Hall–Kier alpha value is -0.320. The van der Waals surface area contributed by atoms with Gasteiger partial charge in [0.15, 0.2) is 6.29 Å². The van der Waals surface area contributed by atoms with Crippen LogP contribution in [0.4, 0.5) is 0 Å². The quantitative estimate of drug-likeness (QED) is 0.0740. The summed E-state index contributed by atoms with van der Waals surface area (Å²) in [4.78, 5) is 0. The van der Waals surface area contributed by atoms with Crippen LogP contribution < -0.4 is 0 Å². The van der Waals surface area contributed by atoms with Crippen molar-refractivity contribution in [3.05, 3.63) is 0 Å². The zero-order valence-electron chi connectivity index (χ0n) is 25.5. The fourth-order valence-electron chi connectivity index (χ4n) is 5.49. The van der Waals surface area contributed by atoms with Crippen LogP contribution in [0, 0.1) is 0 Å². The van der Waals surface area contributed by atoms with Crippen molar-refractivity contribution in [1.82, 2.24) is 0 Å². The molecule has 7 atom stereocenters. The van der Waals surface area contributed by atoms with Crippen LogP contribution in [0.5, 0.6) is 0 Å². The standard InChI is InChI=1S/C32H64O8/c1-26(34)21-19-17-15-13-11-9-7-5-3-2-4-6-8-10-12-14-16-18-20-22-27(35)23-24-39-32-31(38)30(37)29(36)28(25-33)40-32/h26-38H,2-25H2,1H3/t26-,27+,28+,29+,30-,31+,32-/m0/s1. The molecule has 1 rings (SSSR count). The third-order valence-corrected chi connectivity index (χ3v) is 8.24. The molecule has 0 amide bonds. The summed E-state index contributed by atoms with van der Waals surface area (Å²) < 4.78 is 10.8. The molecule has 1 heterocycles. The lowest BCUT2D eigenvalue weighted by Gasteiger charge is -2.39. The maximum atomic E-state index is 10.2.